The minimum Gasteiger partial charge on any atom is -0.493 e. The second kappa shape index (κ2) is 8.11. The lowest BCUT2D eigenvalue weighted by Gasteiger charge is -2.21. The molecular weight excluding hydrogens is 322 g/mol. The average Bonchev–Trinajstić information content (AvgIpc) is 3.41. The molecule has 1 atom stereocenters. The van der Waals surface area contributed by atoms with E-state index >= 15 is 0 Å². The zero-order chi connectivity index (χ0) is 18.7. The molecule has 0 aliphatic heterocycles. The van der Waals surface area contributed by atoms with Crippen molar-refractivity contribution >= 4 is 0 Å². The molecule has 1 fully saturated rings. The molecule has 0 radical (unpaired) electrons. The van der Waals surface area contributed by atoms with Gasteiger partial charge in [-0.1, -0.05) is 32.4 Å². The fourth-order valence-electron chi connectivity index (χ4n) is 3.53. The van der Waals surface area contributed by atoms with Crippen molar-refractivity contribution in [3.05, 3.63) is 63.1 Å². The lowest BCUT2D eigenvalue weighted by molar-refractivity contribution is 0.296. The summed E-state index contributed by atoms with van der Waals surface area (Å²) in [4.78, 5) is 11.7. The van der Waals surface area contributed by atoms with E-state index < -0.39 is 0 Å². The topological polar surface area (TPSA) is 31.2 Å². The molecule has 0 bridgehead atoms. The van der Waals surface area contributed by atoms with E-state index in [0.29, 0.717) is 5.92 Å². The summed E-state index contributed by atoms with van der Waals surface area (Å²) < 4.78 is 8.40. The average molecular weight is 354 g/mol. The molecule has 0 spiro atoms. The molecule has 1 aromatic carbocycles. The molecule has 140 valence electrons. The minimum absolute atomic E-state index is 0.0867. The smallest absolute Gasteiger partial charge is 0.182 e. The third kappa shape index (κ3) is 4.57. The molecular formula is C23H31NO2. The summed E-state index contributed by atoms with van der Waals surface area (Å²) in [6, 6.07) is 10.2. The molecule has 1 aliphatic rings. The maximum absolute atomic E-state index is 11.7. The zero-order valence-corrected chi connectivity index (χ0v) is 16.5. The molecule has 0 amide bonds. The summed E-state index contributed by atoms with van der Waals surface area (Å²) in [6.45, 7) is 10.2. The molecule has 0 saturated heterocycles. The Morgan fingerprint density at radius 2 is 1.85 bits per heavy atom. The van der Waals surface area contributed by atoms with Gasteiger partial charge in [-0.25, -0.2) is 0 Å². The maximum atomic E-state index is 11.7. The standard InChI is InChI=1S/C23H31NO2/c1-5-6-20-9-10-21(13-23(20)26-15-19-7-8-19)16(2)14-24-17(3)11-22(25)12-18(24)4/h9-13,16,19H,5-8,14-15H2,1-4H3. The summed E-state index contributed by atoms with van der Waals surface area (Å²) in [6.07, 6.45) is 4.81. The van der Waals surface area contributed by atoms with Gasteiger partial charge < -0.3 is 9.30 Å². The molecule has 1 heterocycles. The van der Waals surface area contributed by atoms with Gasteiger partial charge in [-0.3, -0.25) is 4.79 Å². The van der Waals surface area contributed by atoms with Gasteiger partial charge >= 0.3 is 0 Å². The van der Waals surface area contributed by atoms with Crippen LogP contribution >= 0.6 is 0 Å². The van der Waals surface area contributed by atoms with Crippen LogP contribution in [0.2, 0.25) is 0 Å². The Morgan fingerprint density at radius 3 is 2.46 bits per heavy atom. The van der Waals surface area contributed by atoms with Gasteiger partial charge in [0.05, 0.1) is 6.61 Å². The second-order valence-electron chi connectivity index (χ2n) is 7.86. The first kappa shape index (κ1) is 18.8. The van der Waals surface area contributed by atoms with Crippen LogP contribution in [0, 0.1) is 19.8 Å². The first-order valence-corrected chi connectivity index (χ1v) is 9.91. The number of hydrogen-bond acceptors (Lipinski definition) is 2. The van der Waals surface area contributed by atoms with Gasteiger partial charge in [0.2, 0.25) is 0 Å². The van der Waals surface area contributed by atoms with Crippen LogP contribution in [0.25, 0.3) is 0 Å². The van der Waals surface area contributed by atoms with Gasteiger partial charge in [0.15, 0.2) is 5.43 Å². The van der Waals surface area contributed by atoms with Crippen LogP contribution < -0.4 is 10.2 Å². The molecule has 1 unspecified atom stereocenters. The van der Waals surface area contributed by atoms with Crippen molar-refractivity contribution in [3.8, 4) is 5.75 Å². The maximum Gasteiger partial charge on any atom is 0.182 e. The van der Waals surface area contributed by atoms with Crippen molar-refractivity contribution in [1.82, 2.24) is 4.57 Å². The lowest BCUT2D eigenvalue weighted by atomic mass is 9.97. The number of pyridine rings is 1. The molecule has 26 heavy (non-hydrogen) atoms. The first-order chi connectivity index (χ1) is 12.5. The summed E-state index contributed by atoms with van der Waals surface area (Å²) >= 11 is 0. The van der Waals surface area contributed by atoms with Crippen LogP contribution in [0.5, 0.6) is 5.75 Å². The number of nitrogens with zero attached hydrogens (tertiary/aromatic N) is 1. The van der Waals surface area contributed by atoms with Crippen LogP contribution in [-0.4, -0.2) is 11.2 Å². The van der Waals surface area contributed by atoms with E-state index in [-0.39, 0.29) is 5.43 Å². The van der Waals surface area contributed by atoms with Gasteiger partial charge in [-0.2, -0.15) is 0 Å². The molecule has 1 aliphatic carbocycles. The van der Waals surface area contributed by atoms with Gasteiger partial charge in [0, 0.05) is 30.1 Å². The monoisotopic (exact) mass is 353 g/mol. The third-order valence-corrected chi connectivity index (χ3v) is 5.36. The Kier molecular flexibility index (Phi) is 5.85. The van der Waals surface area contributed by atoms with Crippen LogP contribution in [0.15, 0.2) is 35.1 Å². The van der Waals surface area contributed by atoms with Crippen LogP contribution in [-0.2, 0) is 13.0 Å². The van der Waals surface area contributed by atoms with Crippen molar-refractivity contribution in [3.63, 3.8) is 0 Å². The second-order valence-corrected chi connectivity index (χ2v) is 7.86. The number of rotatable bonds is 8. The SMILES string of the molecule is CCCc1ccc(C(C)Cn2c(C)cc(=O)cc2C)cc1OCC1CC1. The Labute approximate surface area is 157 Å². The van der Waals surface area contributed by atoms with Crippen molar-refractivity contribution in [2.75, 3.05) is 6.61 Å². The summed E-state index contributed by atoms with van der Waals surface area (Å²) in [5, 5.41) is 0. The van der Waals surface area contributed by atoms with E-state index in [1.165, 1.54) is 24.0 Å². The minimum atomic E-state index is 0.0867. The number of aromatic nitrogens is 1. The highest BCUT2D eigenvalue weighted by molar-refractivity contribution is 5.39. The number of aryl methyl sites for hydroxylation is 3. The van der Waals surface area contributed by atoms with E-state index in [1.807, 2.05) is 13.8 Å². The van der Waals surface area contributed by atoms with Crippen molar-refractivity contribution in [2.45, 2.75) is 65.8 Å². The Hall–Kier alpha value is -2.03. The van der Waals surface area contributed by atoms with E-state index in [9.17, 15) is 4.79 Å². The van der Waals surface area contributed by atoms with Crippen LogP contribution in [0.4, 0.5) is 0 Å². The normalized spacial score (nSPS) is 15.1. The molecule has 3 rings (SSSR count). The summed E-state index contributed by atoms with van der Waals surface area (Å²) in [7, 11) is 0. The van der Waals surface area contributed by atoms with Crippen molar-refractivity contribution in [1.29, 1.82) is 0 Å². The van der Waals surface area contributed by atoms with Gasteiger partial charge in [0.1, 0.15) is 5.75 Å². The van der Waals surface area contributed by atoms with Crippen LogP contribution in [0.1, 0.15) is 61.5 Å². The molecule has 3 nitrogen and oxygen atoms in total. The Bertz CT molecular complexity index is 791. The molecule has 0 N–H and O–H groups in total. The highest BCUT2D eigenvalue weighted by Gasteiger charge is 2.22. The molecule has 3 heteroatoms. The lowest BCUT2D eigenvalue weighted by Crippen LogP contribution is -2.16. The van der Waals surface area contributed by atoms with Gasteiger partial charge in [-0.05, 0) is 62.1 Å². The zero-order valence-electron chi connectivity index (χ0n) is 16.5. The number of ether oxygens (including phenoxy) is 1. The van der Waals surface area contributed by atoms with E-state index in [1.54, 1.807) is 12.1 Å². The Balaban J connectivity index is 1.80. The van der Waals surface area contributed by atoms with E-state index in [0.717, 1.165) is 49.0 Å². The molecule has 1 aromatic heterocycles. The number of hydrogen-bond donors (Lipinski definition) is 0. The van der Waals surface area contributed by atoms with Crippen molar-refractivity contribution in [2.24, 2.45) is 5.92 Å². The predicted molar refractivity (Wildman–Crippen MR) is 107 cm³/mol. The van der Waals surface area contributed by atoms with Gasteiger partial charge in [0.25, 0.3) is 0 Å². The molecule has 1 saturated carbocycles. The fourth-order valence-corrected chi connectivity index (χ4v) is 3.53. The Morgan fingerprint density at radius 1 is 1.15 bits per heavy atom. The van der Waals surface area contributed by atoms with E-state index in [4.69, 9.17) is 4.74 Å². The summed E-state index contributed by atoms with van der Waals surface area (Å²) in [5.41, 5.74) is 4.75. The highest BCUT2D eigenvalue weighted by Crippen LogP contribution is 2.32. The largest absolute Gasteiger partial charge is 0.493 e. The fraction of sp³-hybridized carbons (Fsp3) is 0.522. The summed E-state index contributed by atoms with van der Waals surface area (Å²) in [5.74, 6) is 2.18. The third-order valence-electron chi connectivity index (χ3n) is 5.36. The quantitative estimate of drug-likeness (QED) is 0.668. The van der Waals surface area contributed by atoms with Crippen LogP contribution in [0.3, 0.4) is 0 Å². The molecule has 2 aromatic rings. The number of benzene rings is 1. The van der Waals surface area contributed by atoms with Crippen molar-refractivity contribution < 1.29 is 4.74 Å². The first-order valence-electron chi connectivity index (χ1n) is 9.91. The highest BCUT2D eigenvalue weighted by atomic mass is 16.5. The van der Waals surface area contributed by atoms with E-state index in [2.05, 4.69) is 36.6 Å². The predicted octanol–water partition coefficient (Wildman–Crippen LogP) is 5.01. The van der Waals surface area contributed by atoms with Gasteiger partial charge in [-0.15, -0.1) is 0 Å².